The summed E-state index contributed by atoms with van der Waals surface area (Å²) in [5, 5.41) is 1.98. The number of thioether (sulfide) groups is 1. The minimum atomic E-state index is 0.675. The summed E-state index contributed by atoms with van der Waals surface area (Å²) in [5.74, 6) is 1.76. The van der Waals surface area contributed by atoms with Crippen molar-refractivity contribution in [3.8, 4) is 5.75 Å². The lowest BCUT2D eigenvalue weighted by Gasteiger charge is -2.04. The first kappa shape index (κ1) is 11.3. The second-order valence-electron chi connectivity index (χ2n) is 3.06. The highest BCUT2D eigenvalue weighted by atomic mass is 32.2. The molecule has 0 spiro atoms. The van der Waals surface area contributed by atoms with E-state index in [0.29, 0.717) is 6.61 Å². The molecule has 5 heteroatoms. The van der Waals surface area contributed by atoms with Gasteiger partial charge in [-0.05, 0) is 24.3 Å². The molecule has 1 aromatic carbocycles. The van der Waals surface area contributed by atoms with E-state index in [-0.39, 0.29) is 0 Å². The Morgan fingerprint density at radius 1 is 1.31 bits per heavy atom. The van der Waals surface area contributed by atoms with Crippen LogP contribution in [-0.4, -0.2) is 17.3 Å². The monoisotopic (exact) mass is 252 g/mol. The topological polar surface area (TPSA) is 48.1 Å². The second kappa shape index (κ2) is 5.77. The third-order valence-corrected chi connectivity index (χ3v) is 3.80. The Kier molecular flexibility index (Phi) is 4.07. The molecule has 2 rings (SSSR count). The summed E-state index contributed by atoms with van der Waals surface area (Å²) in [4.78, 5) is 4.18. The van der Waals surface area contributed by atoms with Crippen LogP contribution in [0.15, 0.2) is 40.2 Å². The van der Waals surface area contributed by atoms with Crippen molar-refractivity contribution in [2.24, 2.45) is 0 Å². The van der Waals surface area contributed by atoms with Crippen LogP contribution in [0.5, 0.6) is 5.75 Å². The number of hydrogen-bond donors (Lipinski definition) is 1. The van der Waals surface area contributed by atoms with Crippen molar-refractivity contribution in [1.82, 2.24) is 4.98 Å². The Labute approximate surface area is 103 Å². The van der Waals surface area contributed by atoms with Crippen molar-refractivity contribution in [2.75, 3.05) is 18.1 Å². The standard InChI is InChI=1S/C11H12N2OS2/c12-9-1-3-10(4-2-9)14-6-8-16-11-13-5-7-15-11/h1-5,7H,6,8,12H2. The molecule has 1 aromatic heterocycles. The third kappa shape index (κ3) is 3.43. The molecular weight excluding hydrogens is 240 g/mol. The van der Waals surface area contributed by atoms with Crippen LogP contribution in [0.25, 0.3) is 0 Å². The van der Waals surface area contributed by atoms with E-state index >= 15 is 0 Å². The number of nitrogen functional groups attached to an aromatic ring is 1. The van der Waals surface area contributed by atoms with Gasteiger partial charge in [-0.1, -0.05) is 11.8 Å². The zero-order valence-corrected chi connectivity index (χ0v) is 10.3. The summed E-state index contributed by atoms with van der Waals surface area (Å²) >= 11 is 3.36. The van der Waals surface area contributed by atoms with Crippen LogP contribution in [0.2, 0.25) is 0 Å². The SMILES string of the molecule is Nc1ccc(OCCSc2nccs2)cc1. The summed E-state index contributed by atoms with van der Waals surface area (Å²) in [7, 11) is 0. The molecule has 0 aliphatic rings. The Morgan fingerprint density at radius 3 is 2.81 bits per heavy atom. The average Bonchev–Trinajstić information content (AvgIpc) is 2.80. The van der Waals surface area contributed by atoms with Crippen LogP contribution in [-0.2, 0) is 0 Å². The number of anilines is 1. The van der Waals surface area contributed by atoms with Crippen molar-refractivity contribution in [2.45, 2.75) is 4.34 Å². The van der Waals surface area contributed by atoms with Gasteiger partial charge < -0.3 is 10.5 Å². The highest BCUT2D eigenvalue weighted by molar-refractivity contribution is 8.01. The number of rotatable bonds is 5. The first-order valence-electron chi connectivity index (χ1n) is 4.85. The molecule has 0 amide bonds. The van der Waals surface area contributed by atoms with Gasteiger partial charge in [0.1, 0.15) is 10.1 Å². The fourth-order valence-corrected chi connectivity index (χ4v) is 2.66. The van der Waals surface area contributed by atoms with Gasteiger partial charge in [0.25, 0.3) is 0 Å². The Hall–Kier alpha value is -1.20. The molecule has 0 bridgehead atoms. The molecule has 0 saturated heterocycles. The quantitative estimate of drug-likeness (QED) is 0.505. The fraction of sp³-hybridized carbons (Fsp3) is 0.182. The van der Waals surface area contributed by atoms with Crippen LogP contribution in [0.4, 0.5) is 5.69 Å². The largest absolute Gasteiger partial charge is 0.493 e. The van der Waals surface area contributed by atoms with E-state index in [1.807, 2.05) is 35.8 Å². The number of ether oxygens (including phenoxy) is 1. The molecule has 0 aliphatic carbocycles. The van der Waals surface area contributed by atoms with E-state index < -0.39 is 0 Å². The highest BCUT2D eigenvalue weighted by Crippen LogP contribution is 2.20. The molecule has 3 nitrogen and oxygen atoms in total. The van der Waals surface area contributed by atoms with Gasteiger partial charge in [-0.2, -0.15) is 0 Å². The molecule has 0 atom stereocenters. The molecule has 0 aliphatic heterocycles. The summed E-state index contributed by atoms with van der Waals surface area (Å²) in [5.41, 5.74) is 6.33. The molecule has 16 heavy (non-hydrogen) atoms. The maximum absolute atomic E-state index is 5.58. The summed E-state index contributed by atoms with van der Waals surface area (Å²) in [6, 6.07) is 7.43. The molecule has 0 saturated carbocycles. The van der Waals surface area contributed by atoms with E-state index in [0.717, 1.165) is 21.5 Å². The molecule has 1 heterocycles. The normalized spacial score (nSPS) is 10.2. The maximum Gasteiger partial charge on any atom is 0.149 e. The van der Waals surface area contributed by atoms with Crippen LogP contribution < -0.4 is 10.5 Å². The first-order chi connectivity index (χ1) is 7.84. The van der Waals surface area contributed by atoms with Crippen LogP contribution in [0.1, 0.15) is 0 Å². The van der Waals surface area contributed by atoms with Crippen LogP contribution in [0.3, 0.4) is 0 Å². The number of nitrogens with two attached hydrogens (primary N) is 1. The van der Waals surface area contributed by atoms with E-state index in [4.69, 9.17) is 10.5 Å². The Balaban J connectivity index is 1.70. The molecule has 0 fully saturated rings. The third-order valence-electron chi connectivity index (χ3n) is 1.87. The number of nitrogens with zero attached hydrogens (tertiary/aromatic N) is 1. The zero-order chi connectivity index (χ0) is 11.2. The highest BCUT2D eigenvalue weighted by Gasteiger charge is 1.97. The molecule has 2 N–H and O–H groups in total. The fourth-order valence-electron chi connectivity index (χ4n) is 1.13. The van der Waals surface area contributed by atoms with E-state index in [9.17, 15) is 0 Å². The predicted molar refractivity (Wildman–Crippen MR) is 69.2 cm³/mol. The molecule has 84 valence electrons. The van der Waals surface area contributed by atoms with Gasteiger partial charge in [0, 0.05) is 23.0 Å². The first-order valence-corrected chi connectivity index (χ1v) is 6.72. The van der Waals surface area contributed by atoms with E-state index in [1.165, 1.54) is 0 Å². The number of aromatic nitrogens is 1. The minimum Gasteiger partial charge on any atom is -0.493 e. The molecular formula is C11H12N2OS2. The summed E-state index contributed by atoms with van der Waals surface area (Å²) in [6.45, 7) is 0.675. The number of thiazole rings is 1. The van der Waals surface area contributed by atoms with Crippen molar-refractivity contribution >= 4 is 28.8 Å². The second-order valence-corrected chi connectivity index (χ2v) is 5.30. The van der Waals surface area contributed by atoms with Gasteiger partial charge in [-0.3, -0.25) is 0 Å². The molecule has 2 aromatic rings. The van der Waals surface area contributed by atoms with Crippen LogP contribution in [0, 0.1) is 0 Å². The van der Waals surface area contributed by atoms with Gasteiger partial charge >= 0.3 is 0 Å². The van der Waals surface area contributed by atoms with Crippen molar-refractivity contribution < 1.29 is 4.74 Å². The Bertz CT molecular complexity index is 414. The lowest BCUT2D eigenvalue weighted by Crippen LogP contribution is -1.99. The van der Waals surface area contributed by atoms with Crippen molar-refractivity contribution in [3.63, 3.8) is 0 Å². The van der Waals surface area contributed by atoms with Crippen molar-refractivity contribution in [3.05, 3.63) is 35.8 Å². The zero-order valence-electron chi connectivity index (χ0n) is 8.63. The smallest absolute Gasteiger partial charge is 0.149 e. The average molecular weight is 252 g/mol. The number of benzene rings is 1. The minimum absolute atomic E-state index is 0.675. The summed E-state index contributed by atoms with van der Waals surface area (Å²) < 4.78 is 6.64. The summed E-state index contributed by atoms with van der Waals surface area (Å²) in [6.07, 6.45) is 1.81. The lowest BCUT2D eigenvalue weighted by atomic mass is 10.3. The van der Waals surface area contributed by atoms with Gasteiger partial charge in [0.05, 0.1) is 6.61 Å². The van der Waals surface area contributed by atoms with Gasteiger partial charge in [0.15, 0.2) is 0 Å². The van der Waals surface area contributed by atoms with Gasteiger partial charge in [0.2, 0.25) is 0 Å². The molecule has 0 unspecified atom stereocenters. The lowest BCUT2D eigenvalue weighted by molar-refractivity contribution is 0.344. The van der Waals surface area contributed by atoms with E-state index in [1.54, 1.807) is 23.1 Å². The predicted octanol–water partition coefficient (Wildman–Crippen LogP) is 2.90. The Morgan fingerprint density at radius 2 is 2.12 bits per heavy atom. The number of hydrogen-bond acceptors (Lipinski definition) is 5. The van der Waals surface area contributed by atoms with Gasteiger partial charge in [-0.15, -0.1) is 11.3 Å². The van der Waals surface area contributed by atoms with Crippen molar-refractivity contribution in [1.29, 1.82) is 0 Å². The maximum atomic E-state index is 5.58. The molecule has 0 radical (unpaired) electrons. The van der Waals surface area contributed by atoms with E-state index in [2.05, 4.69) is 4.98 Å². The van der Waals surface area contributed by atoms with Gasteiger partial charge in [-0.25, -0.2) is 4.98 Å². The van der Waals surface area contributed by atoms with Crippen LogP contribution >= 0.6 is 23.1 Å².